The van der Waals surface area contributed by atoms with Crippen LogP contribution in [0.5, 0.6) is 5.75 Å². The first-order valence-corrected chi connectivity index (χ1v) is 6.71. The Labute approximate surface area is 122 Å². The molecule has 0 fully saturated rings. The first-order chi connectivity index (χ1) is 10.2. The summed E-state index contributed by atoms with van der Waals surface area (Å²) in [6.45, 7) is 1.18. The number of halogens is 1. The molecule has 5 heteroatoms. The fourth-order valence-corrected chi connectivity index (χ4v) is 1.68. The van der Waals surface area contributed by atoms with Crippen LogP contribution in [0.4, 0.5) is 4.39 Å². The van der Waals surface area contributed by atoms with E-state index in [0.717, 1.165) is 5.76 Å². The molecule has 0 spiro atoms. The summed E-state index contributed by atoms with van der Waals surface area (Å²) in [4.78, 5) is 0. The van der Waals surface area contributed by atoms with Gasteiger partial charge in [0.1, 0.15) is 30.0 Å². The number of ether oxygens (including phenoxy) is 1. The van der Waals surface area contributed by atoms with Crippen LogP contribution in [0.15, 0.2) is 53.2 Å². The average Bonchev–Trinajstić information content (AvgIpc) is 2.99. The molecule has 0 aliphatic carbocycles. The van der Waals surface area contributed by atoms with Crippen molar-refractivity contribution >= 4 is 6.08 Å². The molecular formula is C16H18FNO3. The number of aliphatic hydroxyl groups excluding tert-OH is 1. The summed E-state index contributed by atoms with van der Waals surface area (Å²) in [5.41, 5.74) is 0. The molecule has 0 bridgehead atoms. The van der Waals surface area contributed by atoms with Gasteiger partial charge in [-0.1, -0.05) is 6.08 Å². The molecule has 1 aromatic heterocycles. The molecule has 0 saturated heterocycles. The molecular weight excluding hydrogens is 273 g/mol. The van der Waals surface area contributed by atoms with Crippen molar-refractivity contribution in [2.45, 2.75) is 6.10 Å². The predicted molar refractivity (Wildman–Crippen MR) is 78.5 cm³/mol. The molecule has 1 heterocycles. The van der Waals surface area contributed by atoms with Gasteiger partial charge in [-0.2, -0.15) is 0 Å². The van der Waals surface area contributed by atoms with Gasteiger partial charge in [-0.05, 0) is 42.5 Å². The number of nitrogens with one attached hydrogen (secondary N) is 1. The monoisotopic (exact) mass is 291 g/mol. The van der Waals surface area contributed by atoms with Gasteiger partial charge in [-0.25, -0.2) is 4.39 Å². The third kappa shape index (κ3) is 5.81. The highest BCUT2D eigenvalue weighted by molar-refractivity contribution is 5.42. The van der Waals surface area contributed by atoms with Crippen LogP contribution in [0.2, 0.25) is 0 Å². The summed E-state index contributed by atoms with van der Waals surface area (Å²) >= 11 is 0. The number of hydrogen-bond acceptors (Lipinski definition) is 4. The number of rotatable bonds is 8. The fraction of sp³-hybridized carbons (Fsp3) is 0.250. The van der Waals surface area contributed by atoms with Gasteiger partial charge in [0, 0.05) is 13.1 Å². The van der Waals surface area contributed by atoms with Gasteiger partial charge in [-0.15, -0.1) is 0 Å². The van der Waals surface area contributed by atoms with E-state index in [4.69, 9.17) is 9.15 Å². The molecule has 0 aliphatic rings. The maximum Gasteiger partial charge on any atom is 0.126 e. The summed E-state index contributed by atoms with van der Waals surface area (Å²) < 4.78 is 23.2. The Morgan fingerprint density at radius 2 is 2.10 bits per heavy atom. The highest BCUT2D eigenvalue weighted by atomic mass is 19.1. The van der Waals surface area contributed by atoms with E-state index < -0.39 is 6.10 Å². The summed E-state index contributed by atoms with van der Waals surface area (Å²) in [5.74, 6) is 1.01. The van der Waals surface area contributed by atoms with E-state index in [1.807, 2.05) is 24.3 Å². The molecule has 112 valence electrons. The summed E-state index contributed by atoms with van der Waals surface area (Å²) in [6, 6.07) is 9.38. The van der Waals surface area contributed by atoms with Gasteiger partial charge < -0.3 is 19.6 Å². The Hall–Kier alpha value is -2.11. The highest BCUT2D eigenvalue weighted by Crippen LogP contribution is 2.11. The zero-order valence-corrected chi connectivity index (χ0v) is 11.5. The van der Waals surface area contributed by atoms with Crippen LogP contribution < -0.4 is 10.1 Å². The molecule has 1 aromatic carbocycles. The molecule has 0 aliphatic heterocycles. The van der Waals surface area contributed by atoms with Gasteiger partial charge in [0.25, 0.3) is 0 Å². The van der Waals surface area contributed by atoms with Crippen molar-refractivity contribution in [3.8, 4) is 5.75 Å². The molecule has 2 N–H and O–H groups in total. The van der Waals surface area contributed by atoms with Crippen LogP contribution in [-0.2, 0) is 0 Å². The average molecular weight is 291 g/mol. The number of hydrogen-bond donors (Lipinski definition) is 2. The maximum absolute atomic E-state index is 12.7. The van der Waals surface area contributed by atoms with Gasteiger partial charge >= 0.3 is 0 Å². The SMILES string of the molecule is OC(CNC/C=C/c1ccco1)COc1ccc(F)cc1. The number of aliphatic hydroxyl groups is 1. The van der Waals surface area contributed by atoms with Crippen LogP contribution in [0.3, 0.4) is 0 Å². The summed E-state index contributed by atoms with van der Waals surface area (Å²) in [7, 11) is 0. The molecule has 1 unspecified atom stereocenters. The zero-order chi connectivity index (χ0) is 14.9. The standard InChI is InChI=1S/C16H18FNO3/c17-13-5-7-16(8-6-13)21-12-14(19)11-18-9-1-3-15-4-2-10-20-15/h1-8,10,14,18-19H,9,11-12H2/b3-1+. The third-order valence-corrected chi connectivity index (χ3v) is 2.72. The topological polar surface area (TPSA) is 54.6 Å². The number of furan rings is 1. The van der Waals surface area contributed by atoms with Gasteiger partial charge in [0.05, 0.1) is 6.26 Å². The van der Waals surface area contributed by atoms with Crippen molar-refractivity contribution in [2.75, 3.05) is 19.7 Å². The number of benzene rings is 1. The molecule has 21 heavy (non-hydrogen) atoms. The summed E-state index contributed by atoms with van der Waals surface area (Å²) in [5, 5.41) is 12.8. The van der Waals surface area contributed by atoms with E-state index in [9.17, 15) is 9.50 Å². The molecule has 4 nitrogen and oxygen atoms in total. The van der Waals surface area contributed by atoms with Crippen molar-refractivity contribution in [1.82, 2.24) is 5.32 Å². The Bertz CT molecular complexity index is 537. The minimum atomic E-state index is -0.632. The highest BCUT2D eigenvalue weighted by Gasteiger charge is 2.04. The minimum absolute atomic E-state index is 0.153. The molecule has 2 rings (SSSR count). The van der Waals surface area contributed by atoms with E-state index in [0.29, 0.717) is 18.8 Å². The lowest BCUT2D eigenvalue weighted by Gasteiger charge is -2.12. The fourth-order valence-electron chi connectivity index (χ4n) is 1.68. The largest absolute Gasteiger partial charge is 0.491 e. The van der Waals surface area contributed by atoms with E-state index in [1.54, 1.807) is 6.26 Å². The second-order valence-corrected chi connectivity index (χ2v) is 4.49. The molecule has 0 saturated carbocycles. The van der Waals surface area contributed by atoms with Crippen molar-refractivity contribution in [3.63, 3.8) is 0 Å². The van der Waals surface area contributed by atoms with Crippen LogP contribution in [0.25, 0.3) is 6.08 Å². The van der Waals surface area contributed by atoms with Crippen LogP contribution in [0, 0.1) is 5.82 Å². The molecule has 0 amide bonds. The van der Waals surface area contributed by atoms with Gasteiger partial charge in [0.2, 0.25) is 0 Å². The van der Waals surface area contributed by atoms with Crippen LogP contribution >= 0.6 is 0 Å². The van der Waals surface area contributed by atoms with Crippen LogP contribution in [-0.4, -0.2) is 30.9 Å². The quantitative estimate of drug-likeness (QED) is 0.734. The Morgan fingerprint density at radius 3 is 2.81 bits per heavy atom. The maximum atomic E-state index is 12.7. The first kappa shape index (κ1) is 15.3. The van der Waals surface area contributed by atoms with Gasteiger partial charge in [-0.3, -0.25) is 0 Å². The Balaban J connectivity index is 1.59. The summed E-state index contributed by atoms with van der Waals surface area (Å²) in [6.07, 6.45) is 4.75. The molecule has 2 aromatic rings. The van der Waals surface area contributed by atoms with Crippen molar-refractivity contribution < 1.29 is 18.7 Å². The normalized spacial score (nSPS) is 12.7. The molecule has 1 atom stereocenters. The zero-order valence-electron chi connectivity index (χ0n) is 11.5. The second kappa shape index (κ2) is 8.24. The van der Waals surface area contributed by atoms with E-state index >= 15 is 0 Å². The first-order valence-electron chi connectivity index (χ1n) is 6.71. The predicted octanol–water partition coefficient (Wildman–Crippen LogP) is 2.46. The lowest BCUT2D eigenvalue weighted by Crippen LogP contribution is -2.31. The Morgan fingerprint density at radius 1 is 1.29 bits per heavy atom. The molecule has 0 radical (unpaired) electrons. The van der Waals surface area contributed by atoms with Crippen molar-refractivity contribution in [2.24, 2.45) is 0 Å². The lowest BCUT2D eigenvalue weighted by atomic mass is 10.3. The smallest absolute Gasteiger partial charge is 0.126 e. The second-order valence-electron chi connectivity index (χ2n) is 4.49. The van der Waals surface area contributed by atoms with Gasteiger partial charge in [0.15, 0.2) is 0 Å². The van der Waals surface area contributed by atoms with Crippen LogP contribution in [0.1, 0.15) is 5.76 Å². The minimum Gasteiger partial charge on any atom is -0.491 e. The third-order valence-electron chi connectivity index (χ3n) is 2.72. The Kier molecular flexibility index (Phi) is 5.99. The lowest BCUT2D eigenvalue weighted by molar-refractivity contribution is 0.107. The van der Waals surface area contributed by atoms with Crippen molar-refractivity contribution in [3.05, 3.63) is 60.3 Å². The van der Waals surface area contributed by atoms with E-state index in [1.165, 1.54) is 24.3 Å². The van der Waals surface area contributed by atoms with E-state index in [-0.39, 0.29) is 12.4 Å². The van der Waals surface area contributed by atoms with E-state index in [2.05, 4.69) is 5.32 Å². The van der Waals surface area contributed by atoms with Crippen molar-refractivity contribution in [1.29, 1.82) is 0 Å².